The van der Waals surface area contributed by atoms with Gasteiger partial charge in [0.1, 0.15) is 12.2 Å². The molecular weight excluding hydrogens is 596 g/mol. The Bertz CT molecular complexity index is 1460. The molecule has 10 heteroatoms. The second kappa shape index (κ2) is 18.6. The van der Waals surface area contributed by atoms with Crippen LogP contribution in [0.4, 0.5) is 0 Å². The minimum absolute atomic E-state index is 0.00241. The van der Waals surface area contributed by atoms with Crippen LogP contribution in [0.1, 0.15) is 99.9 Å². The van der Waals surface area contributed by atoms with Crippen LogP contribution < -0.4 is 16.4 Å². The van der Waals surface area contributed by atoms with Gasteiger partial charge in [-0.1, -0.05) is 82.1 Å². The van der Waals surface area contributed by atoms with E-state index in [1.807, 2.05) is 51.1 Å². The molecule has 252 valence electrons. The molecule has 4 amide bonds. The van der Waals surface area contributed by atoms with E-state index in [9.17, 15) is 29.4 Å². The summed E-state index contributed by atoms with van der Waals surface area (Å²) in [6.45, 7) is 6.93. The quantitative estimate of drug-likeness (QED) is 0.140. The zero-order valence-electron chi connectivity index (χ0n) is 27.5. The number of nitrogens with zero attached hydrogens (tertiary/aromatic N) is 1. The normalized spacial score (nSPS) is 13.6. The molecule has 3 aromatic carbocycles. The van der Waals surface area contributed by atoms with Crippen LogP contribution in [-0.2, 0) is 6.42 Å². The number of aliphatic hydroxyl groups is 2. The maximum Gasteiger partial charge on any atom is 0.253 e. The Balaban J connectivity index is 1.94. The molecule has 0 fully saturated rings. The second-order valence-electron chi connectivity index (χ2n) is 11.8. The van der Waals surface area contributed by atoms with E-state index in [2.05, 4.69) is 10.6 Å². The number of hydrogen-bond acceptors (Lipinski definition) is 6. The number of nitrogens with two attached hydrogens (primary N) is 1. The summed E-state index contributed by atoms with van der Waals surface area (Å²) in [4.78, 5) is 54.2. The van der Waals surface area contributed by atoms with Gasteiger partial charge in [0, 0.05) is 35.3 Å². The van der Waals surface area contributed by atoms with Gasteiger partial charge in [0.05, 0.1) is 12.1 Å². The minimum Gasteiger partial charge on any atom is -0.388 e. The highest BCUT2D eigenvalue weighted by Crippen LogP contribution is 2.18. The number of rotatable bonds is 18. The van der Waals surface area contributed by atoms with Gasteiger partial charge in [0.15, 0.2) is 0 Å². The van der Waals surface area contributed by atoms with Gasteiger partial charge in [-0.05, 0) is 61.6 Å². The fourth-order valence-electron chi connectivity index (χ4n) is 5.51. The molecule has 4 atom stereocenters. The van der Waals surface area contributed by atoms with E-state index < -0.39 is 36.1 Å². The first-order valence-electron chi connectivity index (χ1n) is 16.4. The van der Waals surface area contributed by atoms with Crippen LogP contribution >= 0.6 is 0 Å². The first-order chi connectivity index (χ1) is 22.6. The van der Waals surface area contributed by atoms with Crippen molar-refractivity contribution in [3.63, 3.8) is 0 Å². The molecule has 0 aromatic heterocycles. The largest absolute Gasteiger partial charge is 0.388 e. The van der Waals surface area contributed by atoms with E-state index >= 15 is 0 Å². The highest BCUT2D eigenvalue weighted by molar-refractivity contribution is 6.04. The molecule has 0 aliphatic rings. The lowest BCUT2D eigenvalue weighted by atomic mass is 9.91. The minimum atomic E-state index is -1.50. The lowest BCUT2D eigenvalue weighted by Gasteiger charge is -2.33. The van der Waals surface area contributed by atoms with Crippen molar-refractivity contribution in [3.8, 4) is 0 Å². The molecule has 0 radical (unpaired) electrons. The van der Waals surface area contributed by atoms with Crippen LogP contribution in [0.2, 0.25) is 0 Å². The Labute approximate surface area is 277 Å². The summed E-state index contributed by atoms with van der Waals surface area (Å²) >= 11 is 0. The van der Waals surface area contributed by atoms with E-state index in [0.717, 1.165) is 24.8 Å². The number of unbranched alkanes of at least 4 members (excludes halogenated alkanes) is 1. The summed E-state index contributed by atoms with van der Waals surface area (Å²) in [7, 11) is 0. The lowest BCUT2D eigenvalue weighted by molar-refractivity contribution is -0.0237. The summed E-state index contributed by atoms with van der Waals surface area (Å²) in [6, 6.07) is 20.1. The predicted molar refractivity (Wildman–Crippen MR) is 182 cm³/mol. The van der Waals surface area contributed by atoms with Crippen molar-refractivity contribution in [3.05, 3.63) is 107 Å². The van der Waals surface area contributed by atoms with E-state index in [1.54, 1.807) is 35.2 Å². The highest BCUT2D eigenvalue weighted by atomic mass is 16.3. The number of nitrogens with one attached hydrogen (secondary N) is 2. The average molecular weight is 645 g/mol. The number of aliphatic hydroxyl groups excluding tert-OH is 2. The lowest BCUT2D eigenvalue weighted by Crippen LogP contribution is -2.56. The fraction of sp³-hybridized carbons (Fsp3) is 0.405. The Morgan fingerprint density at radius 3 is 1.77 bits per heavy atom. The first-order valence-corrected chi connectivity index (χ1v) is 16.4. The van der Waals surface area contributed by atoms with E-state index in [1.165, 1.54) is 18.2 Å². The molecule has 0 spiro atoms. The van der Waals surface area contributed by atoms with Crippen LogP contribution in [0, 0.1) is 0 Å². The van der Waals surface area contributed by atoms with Crippen molar-refractivity contribution in [2.45, 2.75) is 83.6 Å². The van der Waals surface area contributed by atoms with Gasteiger partial charge in [0.2, 0.25) is 5.91 Å². The zero-order chi connectivity index (χ0) is 34.3. The molecule has 0 saturated carbocycles. The maximum atomic E-state index is 13.8. The van der Waals surface area contributed by atoms with Gasteiger partial charge in [-0.2, -0.15) is 0 Å². The monoisotopic (exact) mass is 644 g/mol. The van der Waals surface area contributed by atoms with Gasteiger partial charge < -0.3 is 31.5 Å². The van der Waals surface area contributed by atoms with Crippen molar-refractivity contribution in [2.24, 2.45) is 5.73 Å². The van der Waals surface area contributed by atoms with Crippen molar-refractivity contribution in [1.82, 2.24) is 15.5 Å². The van der Waals surface area contributed by atoms with Crippen LogP contribution in [0.3, 0.4) is 0 Å². The SMILES string of the molecule is CCCC[C@@H](NC(=O)c1ccccc1)[C@@H](O)[C@H](O)[C@H](Cc1ccccc1)NC(=O)c1cc(C(N)=O)cc(C(=O)N(CCC)CCC)c1. The summed E-state index contributed by atoms with van der Waals surface area (Å²) in [5.74, 6) is -2.17. The number of hydrogen-bond donors (Lipinski definition) is 5. The topological polar surface area (TPSA) is 162 Å². The number of benzene rings is 3. The standard InChI is InChI=1S/C37H48N4O6/c1-4-7-18-30(39-35(45)26-16-12-9-13-17-26)32(42)33(43)31(21-25-14-10-8-11-15-25)40-36(46)28-22-27(34(38)44)23-29(24-28)37(47)41(19-5-2)20-6-3/h8-17,22-24,30-33,42-43H,4-7,18-21H2,1-3H3,(H2,38,44)(H,39,45)(H,40,46)/t30-,31+,32-,33-/m1/s1. The van der Waals surface area contributed by atoms with Gasteiger partial charge in [-0.3, -0.25) is 19.2 Å². The second-order valence-corrected chi connectivity index (χ2v) is 11.8. The Hall–Kier alpha value is -4.54. The Kier molecular flexibility index (Phi) is 14.6. The Morgan fingerprint density at radius 2 is 1.19 bits per heavy atom. The van der Waals surface area contributed by atoms with Gasteiger partial charge >= 0.3 is 0 Å². The molecule has 10 nitrogen and oxygen atoms in total. The number of primary amides is 1. The molecule has 47 heavy (non-hydrogen) atoms. The van der Waals surface area contributed by atoms with E-state index in [0.29, 0.717) is 31.5 Å². The number of amides is 4. The summed E-state index contributed by atoms with van der Waals surface area (Å²) < 4.78 is 0. The van der Waals surface area contributed by atoms with Crippen LogP contribution in [0.25, 0.3) is 0 Å². The predicted octanol–water partition coefficient (Wildman–Crippen LogP) is 4.10. The molecule has 3 aromatic rings. The Morgan fingerprint density at radius 1 is 0.681 bits per heavy atom. The van der Waals surface area contributed by atoms with E-state index in [4.69, 9.17) is 5.73 Å². The van der Waals surface area contributed by atoms with E-state index in [-0.39, 0.29) is 34.9 Å². The number of carbonyl (C=O) groups is 4. The summed E-state index contributed by atoms with van der Waals surface area (Å²) in [5.41, 5.74) is 6.96. The fourth-order valence-corrected chi connectivity index (χ4v) is 5.51. The molecule has 6 N–H and O–H groups in total. The van der Waals surface area contributed by atoms with Crippen LogP contribution in [-0.4, -0.2) is 76.1 Å². The van der Waals surface area contributed by atoms with Crippen molar-refractivity contribution in [2.75, 3.05) is 13.1 Å². The molecule has 3 rings (SSSR count). The number of carbonyl (C=O) groups excluding carboxylic acids is 4. The van der Waals surface area contributed by atoms with Crippen LogP contribution in [0.5, 0.6) is 0 Å². The van der Waals surface area contributed by atoms with Crippen LogP contribution in [0.15, 0.2) is 78.9 Å². The zero-order valence-corrected chi connectivity index (χ0v) is 27.5. The smallest absolute Gasteiger partial charge is 0.253 e. The molecule has 0 unspecified atom stereocenters. The summed E-state index contributed by atoms with van der Waals surface area (Å²) in [5, 5.41) is 28.8. The third-order valence-electron chi connectivity index (χ3n) is 8.01. The molecule has 0 aliphatic heterocycles. The maximum absolute atomic E-state index is 13.8. The van der Waals surface area contributed by atoms with Crippen molar-refractivity contribution < 1.29 is 29.4 Å². The molecule has 0 saturated heterocycles. The molecule has 0 bridgehead atoms. The highest BCUT2D eigenvalue weighted by Gasteiger charge is 2.34. The third-order valence-corrected chi connectivity index (χ3v) is 8.01. The molecule has 0 aliphatic carbocycles. The van der Waals surface area contributed by atoms with Gasteiger partial charge in [-0.15, -0.1) is 0 Å². The molecular formula is C37H48N4O6. The third kappa shape index (κ3) is 10.8. The first kappa shape index (κ1) is 36.9. The van der Waals surface area contributed by atoms with Gasteiger partial charge in [-0.25, -0.2) is 0 Å². The molecule has 0 heterocycles. The van der Waals surface area contributed by atoms with Crippen molar-refractivity contribution >= 4 is 23.6 Å². The van der Waals surface area contributed by atoms with Crippen molar-refractivity contribution in [1.29, 1.82) is 0 Å². The van der Waals surface area contributed by atoms with Gasteiger partial charge in [0.25, 0.3) is 17.7 Å². The average Bonchev–Trinajstić information content (AvgIpc) is 3.09. The summed E-state index contributed by atoms with van der Waals surface area (Å²) in [6.07, 6.45) is 0.578.